The zero-order chi connectivity index (χ0) is 17.9. The van der Waals surface area contributed by atoms with Crippen molar-refractivity contribution < 1.29 is 14.4 Å². The number of carbonyl (C=O) groups excluding carboxylic acids is 3. The molecule has 1 aromatic rings. The van der Waals surface area contributed by atoms with E-state index in [0.717, 1.165) is 0 Å². The summed E-state index contributed by atoms with van der Waals surface area (Å²) in [5.41, 5.74) is 15.3. The predicted octanol–water partition coefficient (Wildman–Crippen LogP) is -4.06. The van der Waals surface area contributed by atoms with Crippen LogP contribution in [0, 0.1) is 0 Å². The normalized spacial score (nSPS) is 10.1. The second-order valence-corrected chi connectivity index (χ2v) is 4.47. The zero-order valence-corrected chi connectivity index (χ0v) is 13.0. The first-order valence-electron chi connectivity index (χ1n) is 7.24. The lowest BCUT2D eigenvalue weighted by molar-refractivity contribution is 0.0903. The Balaban J connectivity index is 3.11. The van der Waals surface area contributed by atoms with E-state index in [-0.39, 0.29) is 56.5 Å². The molecule has 0 unspecified atom stereocenters. The molecule has 12 nitrogen and oxygen atoms in total. The van der Waals surface area contributed by atoms with E-state index in [2.05, 4.69) is 31.1 Å². The van der Waals surface area contributed by atoms with Crippen molar-refractivity contribution in [3.63, 3.8) is 0 Å². The molecular weight excluding hydrogens is 318 g/mol. The van der Waals surface area contributed by atoms with Crippen LogP contribution in [0.25, 0.3) is 0 Å². The number of nitrogens with one attached hydrogen (secondary N) is 3. The Labute approximate surface area is 137 Å². The summed E-state index contributed by atoms with van der Waals surface area (Å²) in [5, 5.41) is 14.6. The van der Waals surface area contributed by atoms with Crippen molar-refractivity contribution in [1.29, 1.82) is 0 Å². The number of nitrogens with two attached hydrogens (primary N) is 3. The van der Waals surface area contributed by atoms with Crippen LogP contribution >= 0.6 is 0 Å². The van der Waals surface area contributed by atoms with E-state index >= 15 is 0 Å². The average molecular weight is 339 g/mol. The monoisotopic (exact) mass is 339 g/mol. The molecule has 0 saturated heterocycles. The summed E-state index contributed by atoms with van der Waals surface area (Å²) in [6, 6.07) is 0. The topological polar surface area (TPSA) is 204 Å². The summed E-state index contributed by atoms with van der Waals surface area (Å²) >= 11 is 0. The maximum absolute atomic E-state index is 12.1. The summed E-state index contributed by atoms with van der Waals surface area (Å²) in [5.74, 6) is -2.38. The fourth-order valence-electron chi connectivity index (χ4n) is 1.54. The van der Waals surface area contributed by atoms with E-state index in [1.807, 2.05) is 0 Å². The summed E-state index contributed by atoms with van der Waals surface area (Å²) in [6.45, 7) is 1.19. The molecule has 0 spiro atoms. The summed E-state index contributed by atoms with van der Waals surface area (Å²) in [6.07, 6.45) is 0. The summed E-state index contributed by atoms with van der Waals surface area (Å²) in [7, 11) is 0. The Hall–Kier alpha value is -2.70. The van der Waals surface area contributed by atoms with Gasteiger partial charge in [0.1, 0.15) is 0 Å². The summed E-state index contributed by atoms with van der Waals surface area (Å²) in [4.78, 5) is 39.8. The first-order valence-corrected chi connectivity index (χ1v) is 7.24. The number of amides is 3. The first kappa shape index (κ1) is 19.3. The van der Waals surface area contributed by atoms with Gasteiger partial charge in [-0.15, -0.1) is 10.2 Å². The molecule has 0 fully saturated rings. The molecule has 0 aromatic carbocycles. The van der Waals surface area contributed by atoms with Gasteiger partial charge >= 0.3 is 0 Å². The molecule has 0 aliphatic carbocycles. The van der Waals surface area contributed by atoms with Gasteiger partial charge in [-0.25, -0.2) is 4.98 Å². The average Bonchev–Trinajstić information content (AvgIpc) is 2.61. The van der Waals surface area contributed by atoms with Gasteiger partial charge in [-0.1, -0.05) is 0 Å². The van der Waals surface area contributed by atoms with Crippen LogP contribution in [0.5, 0.6) is 0 Å². The van der Waals surface area contributed by atoms with Crippen molar-refractivity contribution in [3.05, 3.63) is 17.2 Å². The molecule has 12 heteroatoms. The van der Waals surface area contributed by atoms with Crippen molar-refractivity contribution in [2.75, 3.05) is 39.3 Å². The molecule has 0 aliphatic rings. The van der Waals surface area contributed by atoms with Crippen LogP contribution in [0.3, 0.4) is 0 Å². The van der Waals surface area contributed by atoms with Gasteiger partial charge in [0.25, 0.3) is 17.7 Å². The highest BCUT2D eigenvalue weighted by Gasteiger charge is 2.24. The highest BCUT2D eigenvalue weighted by molar-refractivity contribution is 6.05. The van der Waals surface area contributed by atoms with Crippen LogP contribution in [0.1, 0.15) is 31.6 Å². The molecule has 132 valence electrons. The van der Waals surface area contributed by atoms with Gasteiger partial charge in [0, 0.05) is 39.3 Å². The lowest BCUT2D eigenvalue weighted by Gasteiger charge is -2.09. The number of nitrogens with zero attached hydrogens (tertiary/aromatic N) is 3. The van der Waals surface area contributed by atoms with Crippen molar-refractivity contribution in [1.82, 2.24) is 31.1 Å². The van der Waals surface area contributed by atoms with Gasteiger partial charge in [-0.05, 0) is 0 Å². The Kier molecular flexibility index (Phi) is 8.18. The van der Waals surface area contributed by atoms with Crippen LogP contribution in [0.4, 0.5) is 0 Å². The molecule has 1 rings (SSSR count). The predicted molar refractivity (Wildman–Crippen MR) is 84.0 cm³/mol. The Morgan fingerprint density at radius 3 is 1.67 bits per heavy atom. The molecule has 0 atom stereocenters. The molecule has 9 N–H and O–H groups in total. The largest absolute Gasteiger partial charge is 0.349 e. The van der Waals surface area contributed by atoms with E-state index in [1.54, 1.807) is 0 Å². The van der Waals surface area contributed by atoms with Gasteiger partial charge in [-0.2, -0.15) is 0 Å². The zero-order valence-electron chi connectivity index (χ0n) is 13.0. The van der Waals surface area contributed by atoms with Crippen molar-refractivity contribution in [2.24, 2.45) is 17.2 Å². The smallest absolute Gasteiger partial charge is 0.291 e. The third-order valence-electron chi connectivity index (χ3n) is 2.61. The number of carbonyl (C=O) groups is 3. The van der Waals surface area contributed by atoms with Crippen molar-refractivity contribution in [2.45, 2.75) is 0 Å². The van der Waals surface area contributed by atoms with E-state index in [4.69, 9.17) is 17.2 Å². The van der Waals surface area contributed by atoms with Gasteiger partial charge in [0.2, 0.25) is 5.82 Å². The highest BCUT2D eigenvalue weighted by atomic mass is 16.2. The van der Waals surface area contributed by atoms with Crippen molar-refractivity contribution >= 4 is 17.7 Å². The minimum atomic E-state index is -0.693. The quantitative estimate of drug-likeness (QED) is 0.258. The number of hydrogen-bond acceptors (Lipinski definition) is 9. The van der Waals surface area contributed by atoms with Gasteiger partial charge in [-0.3, -0.25) is 14.4 Å². The number of hydrogen-bond donors (Lipinski definition) is 6. The molecule has 1 heterocycles. The minimum absolute atomic E-state index is 0.168. The first-order chi connectivity index (χ1) is 11.5. The lowest BCUT2D eigenvalue weighted by Crippen LogP contribution is -2.37. The molecule has 24 heavy (non-hydrogen) atoms. The van der Waals surface area contributed by atoms with E-state index in [0.29, 0.717) is 0 Å². The third-order valence-corrected chi connectivity index (χ3v) is 2.61. The van der Waals surface area contributed by atoms with Gasteiger partial charge in [0.15, 0.2) is 11.4 Å². The van der Waals surface area contributed by atoms with Crippen LogP contribution in [-0.2, 0) is 0 Å². The molecule has 0 saturated carbocycles. The second-order valence-electron chi connectivity index (χ2n) is 4.47. The van der Waals surface area contributed by atoms with E-state index in [9.17, 15) is 14.4 Å². The molecule has 0 aliphatic heterocycles. The van der Waals surface area contributed by atoms with Crippen LogP contribution in [0.2, 0.25) is 0 Å². The molecular formula is C12H21N9O3. The second kappa shape index (κ2) is 10.1. The fraction of sp³-hybridized carbons (Fsp3) is 0.500. The highest BCUT2D eigenvalue weighted by Crippen LogP contribution is 2.03. The third kappa shape index (κ3) is 5.49. The summed E-state index contributed by atoms with van der Waals surface area (Å²) < 4.78 is 0. The maximum Gasteiger partial charge on any atom is 0.291 e. The minimum Gasteiger partial charge on any atom is -0.349 e. The maximum atomic E-state index is 12.1. The number of aromatic nitrogens is 3. The molecule has 0 radical (unpaired) electrons. The Bertz CT molecular complexity index is 593. The van der Waals surface area contributed by atoms with Crippen LogP contribution in [-0.4, -0.2) is 72.2 Å². The SMILES string of the molecule is NCCNC(=O)c1nnc(C(=O)NCCN)c(C(=O)NCCN)n1. The van der Waals surface area contributed by atoms with Crippen molar-refractivity contribution in [3.8, 4) is 0 Å². The lowest BCUT2D eigenvalue weighted by atomic mass is 10.2. The van der Waals surface area contributed by atoms with E-state index in [1.165, 1.54) is 0 Å². The van der Waals surface area contributed by atoms with Gasteiger partial charge < -0.3 is 33.2 Å². The Morgan fingerprint density at radius 2 is 1.17 bits per heavy atom. The number of rotatable bonds is 9. The van der Waals surface area contributed by atoms with E-state index < -0.39 is 17.7 Å². The molecule has 3 amide bonds. The Morgan fingerprint density at radius 1 is 0.708 bits per heavy atom. The molecule has 0 bridgehead atoms. The van der Waals surface area contributed by atoms with Crippen LogP contribution < -0.4 is 33.2 Å². The fourth-order valence-corrected chi connectivity index (χ4v) is 1.54. The molecule has 1 aromatic heterocycles. The van der Waals surface area contributed by atoms with Crippen LogP contribution in [0.15, 0.2) is 0 Å². The standard InChI is InChI=1S/C12H21N9O3/c13-1-4-16-10(22)7-8(11(23)17-5-2-14)20-21-9(19-7)12(24)18-6-3-15/h1-6,13-15H2,(H,16,22)(H,17,23)(H,18,24). The van der Waals surface area contributed by atoms with Gasteiger partial charge in [0.05, 0.1) is 0 Å².